The van der Waals surface area contributed by atoms with Crippen LogP contribution >= 0.6 is 0 Å². The van der Waals surface area contributed by atoms with Gasteiger partial charge in [0.25, 0.3) is 0 Å². The van der Waals surface area contributed by atoms with E-state index in [0.717, 1.165) is 41.5 Å². The van der Waals surface area contributed by atoms with E-state index < -0.39 is 11.7 Å². The molecule has 1 heterocycles. The van der Waals surface area contributed by atoms with Crippen molar-refractivity contribution in [3.8, 4) is 0 Å². The minimum atomic E-state index is -0.550. The van der Waals surface area contributed by atoms with Crippen LogP contribution in [0, 0.1) is 5.92 Å². The highest BCUT2D eigenvalue weighted by atomic mass is 16.6. The second-order valence-electron chi connectivity index (χ2n) is 8.19. The molecule has 0 aliphatic carbocycles. The van der Waals surface area contributed by atoms with Gasteiger partial charge in [0.1, 0.15) is 5.60 Å². The van der Waals surface area contributed by atoms with Crippen molar-refractivity contribution in [2.75, 3.05) is 25.5 Å². The predicted molar refractivity (Wildman–Crippen MR) is 109 cm³/mol. The lowest BCUT2D eigenvalue weighted by Crippen LogP contribution is -2.27. The maximum Gasteiger partial charge on any atom is 0.412 e. The summed E-state index contributed by atoms with van der Waals surface area (Å²) in [5.74, 6) is -0.186. The summed E-state index contributed by atoms with van der Waals surface area (Å²) in [5.41, 5.74) is 1.34. The molecular formula is C22H28N2O4. The van der Waals surface area contributed by atoms with Crippen molar-refractivity contribution in [1.29, 1.82) is 0 Å². The normalized spacial score (nSPS) is 17.5. The molecule has 6 nitrogen and oxygen atoms in total. The Kier molecular flexibility index (Phi) is 5.89. The maximum absolute atomic E-state index is 12.2. The number of amides is 1. The van der Waals surface area contributed by atoms with Crippen molar-refractivity contribution in [3.63, 3.8) is 0 Å². The molecule has 2 aromatic rings. The lowest BCUT2D eigenvalue weighted by Gasteiger charge is -2.21. The van der Waals surface area contributed by atoms with E-state index in [1.165, 1.54) is 7.11 Å². The largest absolute Gasteiger partial charge is 0.469 e. The molecule has 6 heteroatoms. The van der Waals surface area contributed by atoms with E-state index in [0.29, 0.717) is 6.54 Å². The van der Waals surface area contributed by atoms with E-state index in [1.807, 2.05) is 51.1 Å². The number of carbonyl (C=O) groups is 2. The molecule has 1 N–H and O–H groups in total. The van der Waals surface area contributed by atoms with Crippen LogP contribution in [-0.2, 0) is 20.8 Å². The number of esters is 1. The van der Waals surface area contributed by atoms with E-state index in [9.17, 15) is 9.59 Å². The zero-order valence-electron chi connectivity index (χ0n) is 17.0. The van der Waals surface area contributed by atoms with Crippen LogP contribution in [0.1, 0.15) is 32.8 Å². The highest BCUT2D eigenvalue weighted by Crippen LogP contribution is 2.29. The van der Waals surface area contributed by atoms with Gasteiger partial charge in [-0.05, 0) is 50.8 Å². The summed E-state index contributed by atoms with van der Waals surface area (Å²) in [4.78, 5) is 26.2. The summed E-state index contributed by atoms with van der Waals surface area (Å²) >= 11 is 0. The number of benzene rings is 2. The molecule has 0 aromatic heterocycles. The standard InChI is InChI=1S/C22H28N2O4/c1-22(2,3)28-21(26)23-19-10-9-15(17-7-5-6-8-18(17)19)13-24-12-11-16(14-24)20(25)27-4/h5-10,16H,11-14H2,1-4H3,(H,23,26). The van der Waals surface area contributed by atoms with Gasteiger partial charge in [-0.2, -0.15) is 0 Å². The van der Waals surface area contributed by atoms with Crippen LogP contribution in [0.3, 0.4) is 0 Å². The highest BCUT2D eigenvalue weighted by Gasteiger charge is 2.29. The minimum absolute atomic E-state index is 0.0515. The molecule has 0 saturated carbocycles. The van der Waals surface area contributed by atoms with Gasteiger partial charge in [-0.15, -0.1) is 0 Å². The van der Waals surface area contributed by atoms with Crippen LogP contribution in [-0.4, -0.2) is 42.8 Å². The molecule has 1 aliphatic rings. The number of methoxy groups -OCH3 is 1. The predicted octanol–water partition coefficient (Wildman–Crippen LogP) is 4.18. The van der Waals surface area contributed by atoms with Gasteiger partial charge in [0.2, 0.25) is 0 Å². The fourth-order valence-corrected chi connectivity index (χ4v) is 3.60. The first kappa shape index (κ1) is 20.1. The Balaban J connectivity index is 1.79. The van der Waals surface area contributed by atoms with Crippen molar-refractivity contribution < 1.29 is 19.1 Å². The van der Waals surface area contributed by atoms with Crippen molar-refractivity contribution in [2.24, 2.45) is 5.92 Å². The smallest absolute Gasteiger partial charge is 0.412 e. The zero-order chi connectivity index (χ0) is 20.3. The fraction of sp³-hybridized carbons (Fsp3) is 0.455. The SMILES string of the molecule is COC(=O)C1CCN(Cc2ccc(NC(=O)OC(C)(C)C)c3ccccc23)C1. The van der Waals surface area contributed by atoms with Gasteiger partial charge in [0, 0.05) is 18.5 Å². The molecule has 150 valence electrons. The third-order valence-corrected chi connectivity index (χ3v) is 4.85. The maximum atomic E-state index is 12.2. The number of hydrogen-bond donors (Lipinski definition) is 1. The summed E-state index contributed by atoms with van der Waals surface area (Å²) in [6, 6.07) is 11.9. The lowest BCUT2D eigenvalue weighted by molar-refractivity contribution is -0.144. The topological polar surface area (TPSA) is 67.9 Å². The first-order chi connectivity index (χ1) is 13.3. The van der Waals surface area contributed by atoms with Gasteiger partial charge >= 0.3 is 12.1 Å². The Morgan fingerprint density at radius 2 is 1.86 bits per heavy atom. The highest BCUT2D eigenvalue weighted by molar-refractivity contribution is 6.01. The average molecular weight is 384 g/mol. The molecule has 1 unspecified atom stereocenters. The number of fused-ring (bicyclic) bond motifs is 1. The van der Waals surface area contributed by atoms with Crippen molar-refractivity contribution >= 4 is 28.5 Å². The van der Waals surface area contributed by atoms with E-state index >= 15 is 0 Å². The van der Waals surface area contributed by atoms with E-state index in [4.69, 9.17) is 9.47 Å². The lowest BCUT2D eigenvalue weighted by atomic mass is 10.0. The Hall–Kier alpha value is -2.60. The van der Waals surface area contributed by atoms with Crippen LogP contribution < -0.4 is 5.32 Å². The Labute approximate surface area is 165 Å². The summed E-state index contributed by atoms with van der Waals surface area (Å²) in [6.45, 7) is 7.84. The van der Waals surface area contributed by atoms with Crippen LogP contribution in [0.25, 0.3) is 10.8 Å². The number of ether oxygens (including phenoxy) is 2. The van der Waals surface area contributed by atoms with E-state index in [1.54, 1.807) is 0 Å². The number of rotatable bonds is 4. The third kappa shape index (κ3) is 4.81. The molecule has 1 atom stereocenters. The molecule has 1 fully saturated rings. The molecule has 1 saturated heterocycles. The van der Waals surface area contributed by atoms with Gasteiger partial charge in [0.15, 0.2) is 0 Å². The van der Waals surface area contributed by atoms with Crippen molar-refractivity contribution in [1.82, 2.24) is 4.90 Å². The van der Waals surface area contributed by atoms with E-state index in [-0.39, 0.29) is 11.9 Å². The number of hydrogen-bond acceptors (Lipinski definition) is 5. The quantitative estimate of drug-likeness (QED) is 0.801. The first-order valence-electron chi connectivity index (χ1n) is 9.57. The van der Waals surface area contributed by atoms with Crippen LogP contribution in [0.15, 0.2) is 36.4 Å². The molecule has 0 bridgehead atoms. The Morgan fingerprint density at radius 3 is 2.54 bits per heavy atom. The summed E-state index contributed by atoms with van der Waals surface area (Å²) in [5, 5.41) is 4.90. The molecule has 1 amide bonds. The summed E-state index contributed by atoms with van der Waals surface area (Å²) < 4.78 is 10.2. The second-order valence-corrected chi connectivity index (χ2v) is 8.19. The number of likely N-dealkylation sites (tertiary alicyclic amines) is 1. The fourth-order valence-electron chi connectivity index (χ4n) is 3.60. The number of anilines is 1. The Morgan fingerprint density at radius 1 is 1.14 bits per heavy atom. The van der Waals surface area contributed by atoms with Gasteiger partial charge in [-0.1, -0.05) is 30.3 Å². The first-order valence-corrected chi connectivity index (χ1v) is 9.57. The van der Waals surface area contributed by atoms with Gasteiger partial charge < -0.3 is 9.47 Å². The number of nitrogens with one attached hydrogen (secondary N) is 1. The number of carbonyl (C=O) groups excluding carboxylic acids is 2. The molecule has 0 spiro atoms. The minimum Gasteiger partial charge on any atom is -0.469 e. The third-order valence-electron chi connectivity index (χ3n) is 4.85. The molecule has 28 heavy (non-hydrogen) atoms. The molecule has 2 aromatic carbocycles. The van der Waals surface area contributed by atoms with Crippen LogP contribution in [0.5, 0.6) is 0 Å². The monoisotopic (exact) mass is 384 g/mol. The van der Waals surface area contributed by atoms with Gasteiger partial charge in [-0.25, -0.2) is 4.79 Å². The zero-order valence-corrected chi connectivity index (χ0v) is 17.0. The molecule has 0 radical (unpaired) electrons. The number of nitrogens with zero attached hydrogens (tertiary/aromatic N) is 1. The molecule has 1 aliphatic heterocycles. The van der Waals surface area contributed by atoms with Gasteiger partial charge in [0.05, 0.1) is 18.7 Å². The summed E-state index contributed by atoms with van der Waals surface area (Å²) in [7, 11) is 1.44. The van der Waals surface area contributed by atoms with Crippen LogP contribution in [0.4, 0.5) is 10.5 Å². The second kappa shape index (κ2) is 8.19. The van der Waals surface area contributed by atoms with Crippen LogP contribution in [0.2, 0.25) is 0 Å². The van der Waals surface area contributed by atoms with Gasteiger partial charge in [-0.3, -0.25) is 15.0 Å². The molecular weight excluding hydrogens is 356 g/mol. The van der Waals surface area contributed by atoms with E-state index in [2.05, 4.69) is 16.3 Å². The van der Waals surface area contributed by atoms with Crippen molar-refractivity contribution in [3.05, 3.63) is 42.0 Å². The Bertz CT molecular complexity index is 872. The summed E-state index contributed by atoms with van der Waals surface area (Å²) in [6.07, 6.45) is 0.356. The molecule has 3 rings (SSSR count). The van der Waals surface area contributed by atoms with Crippen molar-refractivity contribution in [2.45, 2.75) is 39.3 Å². The average Bonchev–Trinajstić information content (AvgIpc) is 3.10.